The summed E-state index contributed by atoms with van der Waals surface area (Å²) in [6.45, 7) is 1.89. The number of nitro benzene ring substituents is 1. The largest absolute Gasteiger partial charge is 0.473 e. The summed E-state index contributed by atoms with van der Waals surface area (Å²) in [4.78, 5) is 14.4. The van der Waals surface area contributed by atoms with Crippen LogP contribution in [0.5, 0.6) is 5.88 Å². The minimum absolute atomic E-state index is 0.195. The van der Waals surface area contributed by atoms with Crippen LogP contribution in [0.4, 0.5) is 5.69 Å². The normalized spacial score (nSPS) is 12.3. The molecule has 12 heteroatoms. The van der Waals surface area contributed by atoms with Crippen LogP contribution in [0, 0.1) is 10.1 Å². The summed E-state index contributed by atoms with van der Waals surface area (Å²) in [5, 5.41) is 19.7. The first-order valence-electron chi connectivity index (χ1n) is 9.97. The van der Waals surface area contributed by atoms with E-state index in [-0.39, 0.29) is 10.6 Å². The molecule has 0 spiro atoms. The summed E-state index contributed by atoms with van der Waals surface area (Å²) < 4.78 is 36.1. The van der Waals surface area contributed by atoms with Crippen molar-refractivity contribution in [3.05, 3.63) is 93.5 Å². The first-order chi connectivity index (χ1) is 16.3. The van der Waals surface area contributed by atoms with Gasteiger partial charge in [0.15, 0.2) is 5.01 Å². The Bertz CT molecular complexity index is 1390. The molecule has 0 saturated heterocycles. The molecule has 0 aliphatic rings. The fraction of sp³-hybridized carbons (Fsp3) is 0.136. The van der Waals surface area contributed by atoms with Crippen LogP contribution < -0.4 is 4.74 Å². The Kier molecular flexibility index (Phi) is 6.91. The number of hydrogen-bond donors (Lipinski definition) is 0. The standard InChI is InChI=1S/C22H18N4O6S2/c1-15(32-34(29,30)18-12-10-17(11-13-18)26(27)28)21-24-25-22(33-21)19-8-5-9-20(23-19)31-14-16-6-3-2-4-7-16/h2-13,15H,14H2,1H3/t15-/m1/s1. The predicted octanol–water partition coefficient (Wildman–Crippen LogP) is 4.55. The van der Waals surface area contributed by atoms with Crippen LogP contribution in [0.25, 0.3) is 10.7 Å². The second-order valence-corrected chi connectivity index (χ2v) is 9.61. The number of hydrogen-bond acceptors (Lipinski definition) is 10. The second kappa shape index (κ2) is 10.0. The van der Waals surface area contributed by atoms with E-state index in [4.69, 9.17) is 8.92 Å². The van der Waals surface area contributed by atoms with E-state index in [1.807, 2.05) is 30.3 Å². The predicted molar refractivity (Wildman–Crippen MR) is 124 cm³/mol. The summed E-state index contributed by atoms with van der Waals surface area (Å²) in [6, 6.07) is 19.4. The van der Waals surface area contributed by atoms with E-state index < -0.39 is 21.1 Å². The summed E-state index contributed by atoms with van der Waals surface area (Å²) in [6.07, 6.45) is -0.927. The highest BCUT2D eigenvalue weighted by atomic mass is 32.2. The number of nitro groups is 1. The fourth-order valence-electron chi connectivity index (χ4n) is 2.87. The Balaban J connectivity index is 1.44. The zero-order valence-electron chi connectivity index (χ0n) is 17.8. The van der Waals surface area contributed by atoms with Gasteiger partial charge in [0, 0.05) is 18.2 Å². The molecule has 2 heterocycles. The van der Waals surface area contributed by atoms with Gasteiger partial charge in [-0.25, -0.2) is 4.98 Å². The van der Waals surface area contributed by atoms with Crippen molar-refractivity contribution in [1.29, 1.82) is 0 Å². The minimum Gasteiger partial charge on any atom is -0.473 e. The number of benzene rings is 2. The number of nitrogens with zero attached hydrogens (tertiary/aromatic N) is 4. The molecule has 10 nitrogen and oxygen atoms in total. The van der Waals surface area contributed by atoms with Gasteiger partial charge >= 0.3 is 0 Å². The smallest absolute Gasteiger partial charge is 0.297 e. The molecule has 4 rings (SSSR count). The molecular weight excluding hydrogens is 480 g/mol. The highest BCUT2D eigenvalue weighted by Gasteiger charge is 2.24. The van der Waals surface area contributed by atoms with Gasteiger partial charge in [-0.15, -0.1) is 10.2 Å². The van der Waals surface area contributed by atoms with Gasteiger partial charge in [0.2, 0.25) is 5.88 Å². The van der Waals surface area contributed by atoms with Crippen molar-refractivity contribution in [2.24, 2.45) is 0 Å². The Labute approximate surface area is 199 Å². The van der Waals surface area contributed by atoms with Crippen LogP contribution in [0.15, 0.2) is 77.7 Å². The third-order valence-corrected chi connectivity index (χ3v) is 7.07. The SMILES string of the molecule is C[C@@H](OS(=O)(=O)c1ccc([N+](=O)[O-])cc1)c1nnc(-c2cccc(OCc3ccccc3)n2)s1. The number of pyridine rings is 1. The van der Waals surface area contributed by atoms with E-state index in [0.29, 0.717) is 28.2 Å². The van der Waals surface area contributed by atoms with Crippen molar-refractivity contribution in [1.82, 2.24) is 15.2 Å². The van der Waals surface area contributed by atoms with E-state index >= 15 is 0 Å². The summed E-state index contributed by atoms with van der Waals surface area (Å²) in [5.74, 6) is 0.420. The zero-order valence-corrected chi connectivity index (χ0v) is 19.4. The molecule has 2 aromatic heterocycles. The van der Waals surface area contributed by atoms with Crippen LogP contribution >= 0.6 is 11.3 Å². The maximum Gasteiger partial charge on any atom is 0.297 e. The van der Waals surface area contributed by atoms with Crippen molar-refractivity contribution < 1.29 is 22.3 Å². The molecule has 2 aromatic carbocycles. The molecule has 0 aliphatic heterocycles. The van der Waals surface area contributed by atoms with Gasteiger partial charge in [-0.2, -0.15) is 8.42 Å². The molecule has 1 atom stereocenters. The highest BCUT2D eigenvalue weighted by Crippen LogP contribution is 2.30. The molecule has 0 fully saturated rings. The Morgan fingerprint density at radius 3 is 2.44 bits per heavy atom. The second-order valence-electron chi connectivity index (χ2n) is 7.02. The molecule has 0 N–H and O–H groups in total. The molecule has 4 aromatic rings. The van der Waals surface area contributed by atoms with E-state index in [1.54, 1.807) is 18.2 Å². The molecule has 0 bridgehead atoms. The summed E-state index contributed by atoms with van der Waals surface area (Å²) >= 11 is 1.14. The lowest BCUT2D eigenvalue weighted by molar-refractivity contribution is -0.384. The number of aromatic nitrogens is 3. The molecular formula is C22H18N4O6S2. The van der Waals surface area contributed by atoms with Crippen molar-refractivity contribution >= 4 is 27.1 Å². The monoisotopic (exact) mass is 498 g/mol. The van der Waals surface area contributed by atoms with Gasteiger partial charge in [-0.05, 0) is 30.7 Å². The van der Waals surface area contributed by atoms with Crippen LogP contribution in [0.3, 0.4) is 0 Å². The quantitative estimate of drug-likeness (QED) is 0.185. The zero-order chi connectivity index (χ0) is 24.1. The van der Waals surface area contributed by atoms with Gasteiger partial charge in [0.25, 0.3) is 15.8 Å². The van der Waals surface area contributed by atoms with Gasteiger partial charge in [0.05, 0.1) is 9.82 Å². The molecule has 0 aliphatic carbocycles. The number of rotatable bonds is 9. The number of non-ortho nitro benzene ring substituents is 1. The van der Waals surface area contributed by atoms with E-state index in [1.165, 1.54) is 6.92 Å². The van der Waals surface area contributed by atoms with Gasteiger partial charge in [-0.3, -0.25) is 14.3 Å². The topological polar surface area (TPSA) is 134 Å². The molecule has 174 valence electrons. The summed E-state index contributed by atoms with van der Waals surface area (Å²) in [7, 11) is -4.17. The van der Waals surface area contributed by atoms with Crippen molar-refractivity contribution in [3.8, 4) is 16.6 Å². The molecule has 0 radical (unpaired) electrons. The minimum atomic E-state index is -4.17. The van der Waals surface area contributed by atoms with Crippen LogP contribution in [-0.2, 0) is 20.9 Å². The first-order valence-corrected chi connectivity index (χ1v) is 12.2. The summed E-state index contributed by atoms with van der Waals surface area (Å²) in [5.41, 5.74) is 1.32. The highest BCUT2D eigenvalue weighted by molar-refractivity contribution is 7.86. The van der Waals surface area contributed by atoms with Crippen LogP contribution in [-0.4, -0.2) is 28.5 Å². The average molecular weight is 499 g/mol. The van der Waals surface area contributed by atoms with Crippen molar-refractivity contribution in [2.75, 3.05) is 0 Å². The third-order valence-electron chi connectivity index (χ3n) is 4.57. The fourth-order valence-corrected chi connectivity index (χ4v) is 4.78. The Morgan fingerprint density at radius 1 is 1.00 bits per heavy atom. The maximum atomic E-state index is 12.5. The average Bonchev–Trinajstić information content (AvgIpc) is 3.34. The van der Waals surface area contributed by atoms with Crippen molar-refractivity contribution in [3.63, 3.8) is 0 Å². The maximum absolute atomic E-state index is 12.5. The van der Waals surface area contributed by atoms with Crippen molar-refractivity contribution in [2.45, 2.75) is 24.5 Å². The van der Waals surface area contributed by atoms with E-state index in [9.17, 15) is 18.5 Å². The van der Waals surface area contributed by atoms with E-state index in [2.05, 4.69) is 15.2 Å². The van der Waals surface area contributed by atoms with E-state index in [0.717, 1.165) is 41.2 Å². The number of ether oxygens (including phenoxy) is 1. The lowest BCUT2D eigenvalue weighted by Crippen LogP contribution is -2.10. The first kappa shape index (κ1) is 23.4. The molecule has 0 amide bonds. The lowest BCUT2D eigenvalue weighted by Gasteiger charge is -2.10. The molecule has 0 saturated carbocycles. The third kappa shape index (κ3) is 5.60. The van der Waals surface area contributed by atoms with Gasteiger partial charge < -0.3 is 4.74 Å². The van der Waals surface area contributed by atoms with Crippen LogP contribution in [0.1, 0.15) is 23.6 Å². The molecule has 0 unspecified atom stereocenters. The Morgan fingerprint density at radius 2 is 1.74 bits per heavy atom. The van der Waals surface area contributed by atoms with Gasteiger partial charge in [0.1, 0.15) is 23.4 Å². The van der Waals surface area contributed by atoms with Crippen LogP contribution in [0.2, 0.25) is 0 Å². The van der Waals surface area contributed by atoms with Gasteiger partial charge in [-0.1, -0.05) is 47.7 Å². The molecule has 34 heavy (non-hydrogen) atoms. The lowest BCUT2D eigenvalue weighted by atomic mass is 10.2. The Hall–Kier alpha value is -3.74.